The second-order valence-corrected chi connectivity index (χ2v) is 9.56. The Balaban J connectivity index is 2.15. The van der Waals surface area contributed by atoms with Crippen molar-refractivity contribution in [3.05, 3.63) is 29.3 Å². The third-order valence-corrected chi connectivity index (χ3v) is 6.22. The number of aryl methyl sites for hydroxylation is 1. The first-order valence-electron chi connectivity index (χ1n) is 9.56. The zero-order valence-electron chi connectivity index (χ0n) is 16.4. The number of carbonyl (C=O) groups is 1. The fourth-order valence-corrected chi connectivity index (χ4v) is 4.69. The summed E-state index contributed by atoms with van der Waals surface area (Å²) in [5.41, 5.74) is 2.62. The summed E-state index contributed by atoms with van der Waals surface area (Å²) in [5.74, 6) is 0.135. The Bertz CT molecular complexity index is 723. The number of para-hydroxylation sites is 1. The summed E-state index contributed by atoms with van der Waals surface area (Å²) in [7, 11) is -3.47. The van der Waals surface area contributed by atoms with E-state index in [1.807, 2.05) is 25.1 Å². The lowest BCUT2D eigenvalue weighted by molar-refractivity contribution is -0.121. The number of nitrogens with zero attached hydrogens (tertiary/aromatic N) is 1. The van der Waals surface area contributed by atoms with E-state index in [-0.39, 0.29) is 30.8 Å². The lowest BCUT2D eigenvalue weighted by Gasteiger charge is -2.28. The Morgan fingerprint density at radius 3 is 2.46 bits per heavy atom. The second kappa shape index (κ2) is 8.89. The molecule has 1 aromatic rings. The molecule has 0 radical (unpaired) electrons. The molecule has 146 valence electrons. The lowest BCUT2D eigenvalue weighted by Crippen LogP contribution is -2.39. The molecule has 26 heavy (non-hydrogen) atoms. The normalized spacial score (nSPS) is 15.9. The van der Waals surface area contributed by atoms with Gasteiger partial charge in [0.1, 0.15) is 0 Å². The fraction of sp³-hybridized carbons (Fsp3) is 0.650. The van der Waals surface area contributed by atoms with Crippen LogP contribution in [0, 0.1) is 6.92 Å². The maximum Gasteiger partial charge on any atom is 0.232 e. The molecule has 1 N–H and O–H groups in total. The molecule has 0 heterocycles. The number of sulfonamides is 1. The molecule has 1 aliphatic rings. The van der Waals surface area contributed by atoms with Crippen molar-refractivity contribution in [3.8, 4) is 0 Å². The average Bonchev–Trinajstić information content (AvgIpc) is 2.55. The Hall–Kier alpha value is -1.56. The minimum Gasteiger partial charge on any atom is -0.353 e. The molecule has 0 unspecified atom stereocenters. The van der Waals surface area contributed by atoms with Crippen LogP contribution in [-0.2, 0) is 14.8 Å². The second-order valence-electron chi connectivity index (χ2n) is 7.66. The summed E-state index contributed by atoms with van der Waals surface area (Å²) in [4.78, 5) is 12.3. The van der Waals surface area contributed by atoms with Gasteiger partial charge in [0.25, 0.3) is 0 Å². The van der Waals surface area contributed by atoms with Crippen LogP contribution in [0.2, 0.25) is 0 Å². The molecule has 0 atom stereocenters. The van der Waals surface area contributed by atoms with E-state index in [0.29, 0.717) is 0 Å². The largest absolute Gasteiger partial charge is 0.353 e. The number of carbonyl (C=O) groups excluding carboxylic acids is 1. The molecule has 0 spiro atoms. The summed E-state index contributed by atoms with van der Waals surface area (Å²) in [5, 5.41) is 3.07. The number of hydrogen-bond donors (Lipinski definition) is 1. The maximum atomic E-state index is 12.5. The van der Waals surface area contributed by atoms with Crippen molar-refractivity contribution < 1.29 is 13.2 Å². The SMILES string of the molecule is Cc1cccc(C(C)C)c1N(CCC(=O)NC1CCCCC1)S(C)(=O)=O. The van der Waals surface area contributed by atoms with Gasteiger partial charge in [-0.1, -0.05) is 51.3 Å². The molecule has 1 saturated carbocycles. The highest BCUT2D eigenvalue weighted by Crippen LogP contribution is 2.32. The van der Waals surface area contributed by atoms with Crippen molar-refractivity contribution in [2.45, 2.75) is 71.3 Å². The first kappa shape index (κ1) is 20.7. The van der Waals surface area contributed by atoms with E-state index in [2.05, 4.69) is 19.2 Å². The molecule has 1 aromatic carbocycles. The monoisotopic (exact) mass is 380 g/mol. The van der Waals surface area contributed by atoms with E-state index in [0.717, 1.165) is 42.5 Å². The molecule has 2 rings (SSSR count). The molecular formula is C20H32N2O3S. The third-order valence-electron chi connectivity index (χ3n) is 5.05. The molecule has 1 aliphatic carbocycles. The molecular weight excluding hydrogens is 348 g/mol. The van der Waals surface area contributed by atoms with Gasteiger partial charge in [0.15, 0.2) is 0 Å². The highest BCUT2D eigenvalue weighted by Gasteiger charge is 2.24. The van der Waals surface area contributed by atoms with Gasteiger partial charge in [0.05, 0.1) is 11.9 Å². The predicted molar refractivity (Wildman–Crippen MR) is 107 cm³/mol. The summed E-state index contributed by atoms with van der Waals surface area (Å²) in [6.07, 6.45) is 6.98. The van der Waals surface area contributed by atoms with Gasteiger partial charge >= 0.3 is 0 Å². The minimum absolute atomic E-state index is 0.0646. The van der Waals surface area contributed by atoms with Gasteiger partial charge in [-0.25, -0.2) is 8.42 Å². The lowest BCUT2D eigenvalue weighted by atomic mass is 9.95. The van der Waals surface area contributed by atoms with E-state index in [1.54, 1.807) is 0 Å². The molecule has 1 amide bonds. The van der Waals surface area contributed by atoms with Gasteiger partial charge in [-0.2, -0.15) is 0 Å². The number of amides is 1. The van der Waals surface area contributed by atoms with Crippen LogP contribution in [-0.4, -0.2) is 33.2 Å². The molecule has 6 heteroatoms. The van der Waals surface area contributed by atoms with Crippen LogP contribution in [0.3, 0.4) is 0 Å². The van der Waals surface area contributed by atoms with Crippen LogP contribution >= 0.6 is 0 Å². The van der Waals surface area contributed by atoms with E-state index in [4.69, 9.17) is 0 Å². The number of benzene rings is 1. The summed E-state index contributed by atoms with van der Waals surface area (Å²) < 4.78 is 26.3. The van der Waals surface area contributed by atoms with E-state index < -0.39 is 10.0 Å². The van der Waals surface area contributed by atoms with E-state index in [1.165, 1.54) is 17.0 Å². The molecule has 0 aromatic heterocycles. The Morgan fingerprint density at radius 2 is 1.88 bits per heavy atom. The van der Waals surface area contributed by atoms with E-state index in [9.17, 15) is 13.2 Å². The highest BCUT2D eigenvalue weighted by atomic mass is 32.2. The number of hydrogen-bond acceptors (Lipinski definition) is 3. The van der Waals surface area contributed by atoms with Gasteiger partial charge in [-0.15, -0.1) is 0 Å². The van der Waals surface area contributed by atoms with Crippen molar-refractivity contribution in [2.75, 3.05) is 17.1 Å². The van der Waals surface area contributed by atoms with Crippen LogP contribution in [0.15, 0.2) is 18.2 Å². The number of rotatable bonds is 7. The average molecular weight is 381 g/mol. The zero-order chi connectivity index (χ0) is 19.3. The Kier molecular flexibility index (Phi) is 7.09. The molecule has 0 saturated heterocycles. The molecule has 5 nitrogen and oxygen atoms in total. The quantitative estimate of drug-likeness (QED) is 0.784. The van der Waals surface area contributed by atoms with Crippen molar-refractivity contribution in [1.29, 1.82) is 0 Å². The Labute approximate surface area is 158 Å². The fourth-order valence-electron chi connectivity index (χ4n) is 3.68. The van der Waals surface area contributed by atoms with Crippen LogP contribution in [0.1, 0.15) is 69.4 Å². The van der Waals surface area contributed by atoms with Crippen LogP contribution < -0.4 is 9.62 Å². The first-order valence-corrected chi connectivity index (χ1v) is 11.4. The minimum atomic E-state index is -3.47. The summed E-state index contributed by atoms with van der Waals surface area (Å²) >= 11 is 0. The van der Waals surface area contributed by atoms with Crippen molar-refractivity contribution in [2.24, 2.45) is 0 Å². The van der Waals surface area contributed by atoms with Gasteiger partial charge in [-0.05, 0) is 36.8 Å². The predicted octanol–water partition coefficient (Wildman–Crippen LogP) is 3.72. The third kappa shape index (κ3) is 5.47. The van der Waals surface area contributed by atoms with Crippen molar-refractivity contribution in [3.63, 3.8) is 0 Å². The number of anilines is 1. The van der Waals surface area contributed by atoms with E-state index >= 15 is 0 Å². The van der Waals surface area contributed by atoms with Crippen molar-refractivity contribution in [1.82, 2.24) is 5.32 Å². The summed E-state index contributed by atoms with van der Waals surface area (Å²) in [6.45, 7) is 6.19. The van der Waals surface area contributed by atoms with Gasteiger partial charge in [0, 0.05) is 19.0 Å². The zero-order valence-corrected chi connectivity index (χ0v) is 17.2. The maximum absolute atomic E-state index is 12.5. The van der Waals surface area contributed by atoms with Gasteiger partial charge in [-0.3, -0.25) is 9.10 Å². The first-order chi connectivity index (χ1) is 12.2. The topological polar surface area (TPSA) is 66.5 Å². The summed E-state index contributed by atoms with van der Waals surface area (Å²) in [6, 6.07) is 6.08. The molecule has 1 fully saturated rings. The standard InChI is InChI=1S/C20H32N2O3S/c1-15(2)18-12-8-9-16(3)20(18)22(26(4,24)25)14-13-19(23)21-17-10-6-5-7-11-17/h8-9,12,15,17H,5-7,10-11,13-14H2,1-4H3,(H,21,23). The smallest absolute Gasteiger partial charge is 0.232 e. The van der Waals surface area contributed by atoms with Crippen LogP contribution in [0.4, 0.5) is 5.69 Å². The van der Waals surface area contributed by atoms with Gasteiger partial charge in [0.2, 0.25) is 15.9 Å². The molecule has 0 bridgehead atoms. The number of nitrogens with one attached hydrogen (secondary N) is 1. The Morgan fingerprint density at radius 1 is 1.23 bits per heavy atom. The molecule has 0 aliphatic heterocycles. The van der Waals surface area contributed by atoms with Gasteiger partial charge < -0.3 is 5.32 Å². The highest BCUT2D eigenvalue weighted by molar-refractivity contribution is 7.92. The van der Waals surface area contributed by atoms with Crippen LogP contribution in [0.5, 0.6) is 0 Å². The van der Waals surface area contributed by atoms with Crippen LogP contribution in [0.25, 0.3) is 0 Å². The van der Waals surface area contributed by atoms with Crippen molar-refractivity contribution >= 4 is 21.6 Å².